The van der Waals surface area contributed by atoms with Gasteiger partial charge >= 0.3 is 0 Å². The Morgan fingerprint density at radius 3 is 0.850 bits per heavy atom. The van der Waals surface area contributed by atoms with E-state index in [-0.39, 0.29) is 0 Å². The highest BCUT2D eigenvalue weighted by molar-refractivity contribution is 5.62. The molecule has 4 N–H and O–H groups in total. The van der Waals surface area contributed by atoms with Crippen molar-refractivity contribution in [2.45, 2.75) is 27.7 Å². The van der Waals surface area contributed by atoms with Gasteiger partial charge in [0.2, 0.25) is 0 Å². The fourth-order valence-corrected chi connectivity index (χ4v) is 1.26. The van der Waals surface area contributed by atoms with Crippen LogP contribution in [0.3, 0.4) is 0 Å². The average Bonchev–Trinajstić information content (AvgIpc) is 2.63. The van der Waals surface area contributed by atoms with E-state index in [2.05, 4.69) is 60.0 Å². The summed E-state index contributed by atoms with van der Waals surface area (Å²) in [4.78, 5) is 0. The Kier molecular flexibility index (Phi) is 26.4. The molecular weight excluding hydrogens is 244 g/mol. The lowest BCUT2D eigenvalue weighted by molar-refractivity contribution is 1.48. The second kappa shape index (κ2) is 22.5. The van der Waals surface area contributed by atoms with E-state index in [1.54, 1.807) is 0 Å². The van der Waals surface area contributed by atoms with Crippen LogP contribution in [0, 0.1) is 0 Å². The zero-order chi connectivity index (χ0) is 16.2. The predicted octanol–water partition coefficient (Wildman–Crippen LogP) is 4.56. The first-order valence-corrected chi connectivity index (χ1v) is 7.23. The molecule has 2 aromatic carbocycles. The second-order valence-corrected chi connectivity index (χ2v) is 2.73. The largest absolute Gasteiger partial charge is 0.333 e. The summed E-state index contributed by atoms with van der Waals surface area (Å²) in [6, 6.07) is 20.8. The molecule has 0 heterocycles. The van der Waals surface area contributed by atoms with Gasteiger partial charge in [0.1, 0.15) is 0 Å². The van der Waals surface area contributed by atoms with E-state index in [0.717, 1.165) is 0 Å². The molecule has 0 saturated heterocycles. The van der Waals surface area contributed by atoms with Crippen LogP contribution in [0.1, 0.15) is 27.7 Å². The van der Waals surface area contributed by atoms with Crippen molar-refractivity contribution in [1.29, 1.82) is 0 Å². The Balaban J connectivity index is -0.000000314. The van der Waals surface area contributed by atoms with Crippen LogP contribution in [0.2, 0.25) is 0 Å². The van der Waals surface area contributed by atoms with Gasteiger partial charge in [0.05, 0.1) is 0 Å². The Hall–Kier alpha value is -1.64. The summed E-state index contributed by atoms with van der Waals surface area (Å²) in [6.45, 7) is 8.00. The van der Waals surface area contributed by atoms with E-state index in [9.17, 15) is 0 Å². The Labute approximate surface area is 125 Å². The summed E-state index contributed by atoms with van der Waals surface area (Å²) in [7, 11) is 3.00. The van der Waals surface area contributed by atoms with Gasteiger partial charge in [0.25, 0.3) is 0 Å². The highest BCUT2D eigenvalue weighted by Gasteiger charge is 1.91. The van der Waals surface area contributed by atoms with Gasteiger partial charge in [-0.2, -0.15) is 0 Å². The zero-order valence-corrected chi connectivity index (χ0v) is 13.9. The molecule has 0 spiro atoms. The molecule has 0 amide bonds. The van der Waals surface area contributed by atoms with Crippen molar-refractivity contribution < 1.29 is 0 Å². The van der Waals surface area contributed by atoms with E-state index >= 15 is 0 Å². The molecule has 2 nitrogen and oxygen atoms in total. The van der Waals surface area contributed by atoms with Crippen LogP contribution in [0.5, 0.6) is 0 Å². The maximum Gasteiger partial charge on any atom is -0.0184 e. The first-order chi connectivity index (χ1) is 9.97. The molecule has 0 radical (unpaired) electrons. The van der Waals surface area contributed by atoms with Crippen molar-refractivity contribution in [1.82, 2.24) is 0 Å². The number of rotatable bonds is 1. The predicted molar refractivity (Wildman–Crippen MR) is 94.8 cm³/mol. The Bertz CT molecular complexity index is 307. The van der Waals surface area contributed by atoms with E-state index in [1.807, 2.05) is 39.8 Å². The zero-order valence-electron chi connectivity index (χ0n) is 13.9. The van der Waals surface area contributed by atoms with Crippen LogP contribution in [0.4, 0.5) is 0 Å². The third-order valence-electron chi connectivity index (χ3n) is 1.88. The highest BCUT2D eigenvalue weighted by Crippen LogP contribution is 2.17. The molecule has 20 heavy (non-hydrogen) atoms. The molecule has 0 aliphatic carbocycles. The minimum Gasteiger partial charge on any atom is -0.333 e. The van der Waals surface area contributed by atoms with Gasteiger partial charge in [-0.15, -0.1) is 0 Å². The molecule has 0 saturated carbocycles. The minimum atomic E-state index is 1.28. The molecule has 0 unspecified atom stereocenters. The molecule has 0 aliphatic heterocycles. The number of nitrogens with two attached hydrogens (primary N) is 2. The molecule has 0 aromatic heterocycles. The average molecular weight is 276 g/mol. The third kappa shape index (κ3) is 11.5. The fourth-order valence-electron chi connectivity index (χ4n) is 1.26. The maximum atomic E-state index is 4.50. The van der Waals surface area contributed by atoms with Crippen LogP contribution >= 0.6 is 0 Å². The van der Waals surface area contributed by atoms with Crippen molar-refractivity contribution in [2.24, 2.45) is 11.5 Å². The smallest absolute Gasteiger partial charge is 0.0184 e. The fraction of sp³-hybridized carbons (Fsp3) is 0.333. The molecule has 0 aliphatic rings. The normalized spacial score (nSPS) is 7.00. The monoisotopic (exact) mass is 276 g/mol. The van der Waals surface area contributed by atoms with Crippen molar-refractivity contribution >= 4 is 0 Å². The van der Waals surface area contributed by atoms with Gasteiger partial charge < -0.3 is 11.5 Å². The lowest BCUT2D eigenvalue weighted by Crippen LogP contribution is -1.73. The van der Waals surface area contributed by atoms with Gasteiger partial charge in [-0.3, -0.25) is 0 Å². The Morgan fingerprint density at radius 1 is 0.450 bits per heavy atom. The molecule has 0 fully saturated rings. The topological polar surface area (TPSA) is 52.0 Å². The van der Waals surface area contributed by atoms with Gasteiger partial charge in [0.15, 0.2) is 0 Å². The highest BCUT2D eigenvalue weighted by atomic mass is 14.4. The molecule has 2 aromatic rings. The summed E-state index contributed by atoms with van der Waals surface area (Å²) < 4.78 is 0. The summed E-state index contributed by atoms with van der Waals surface area (Å²) in [6.07, 6.45) is 0. The summed E-state index contributed by atoms with van der Waals surface area (Å²) in [5.41, 5.74) is 11.6. The molecule has 0 atom stereocenters. The molecular formula is C18H32N2. The quantitative estimate of drug-likeness (QED) is 0.802. The first kappa shape index (κ1) is 23.5. The third-order valence-corrected chi connectivity index (χ3v) is 1.88. The lowest BCUT2D eigenvalue weighted by Gasteiger charge is -1.98. The van der Waals surface area contributed by atoms with E-state index < -0.39 is 0 Å². The molecule has 0 bridgehead atoms. The van der Waals surface area contributed by atoms with E-state index in [4.69, 9.17) is 0 Å². The minimum absolute atomic E-state index is 1.28. The number of hydrogen-bond donors (Lipinski definition) is 2. The molecule has 114 valence electrons. The number of hydrogen-bond acceptors (Lipinski definition) is 2. The van der Waals surface area contributed by atoms with E-state index in [1.165, 1.54) is 25.2 Å². The maximum absolute atomic E-state index is 4.50. The standard InChI is InChI=1S/C12H10.2C2H6.2CH5N/c1-3-7-11(8-4-1)12-9-5-2-6-10-12;4*1-2/h1-10H;2*1-2H3;2*2H2,1H3. The van der Waals surface area contributed by atoms with Crippen molar-refractivity contribution in [2.75, 3.05) is 14.1 Å². The van der Waals surface area contributed by atoms with Gasteiger partial charge in [-0.1, -0.05) is 88.4 Å². The van der Waals surface area contributed by atoms with Crippen molar-refractivity contribution in [3.63, 3.8) is 0 Å². The lowest BCUT2D eigenvalue weighted by atomic mass is 10.1. The van der Waals surface area contributed by atoms with Crippen molar-refractivity contribution in [3.05, 3.63) is 60.7 Å². The van der Waals surface area contributed by atoms with Gasteiger partial charge in [0, 0.05) is 0 Å². The van der Waals surface area contributed by atoms with Crippen LogP contribution in [0.25, 0.3) is 11.1 Å². The van der Waals surface area contributed by atoms with Gasteiger partial charge in [-0.25, -0.2) is 0 Å². The SMILES string of the molecule is CC.CC.CN.CN.c1ccc(-c2ccccc2)cc1. The summed E-state index contributed by atoms with van der Waals surface area (Å²) in [5.74, 6) is 0. The van der Waals surface area contributed by atoms with E-state index in [0.29, 0.717) is 0 Å². The second-order valence-electron chi connectivity index (χ2n) is 2.73. The van der Waals surface area contributed by atoms with Crippen molar-refractivity contribution in [3.8, 4) is 11.1 Å². The molecule has 2 heteroatoms. The van der Waals surface area contributed by atoms with Crippen LogP contribution in [0.15, 0.2) is 60.7 Å². The summed E-state index contributed by atoms with van der Waals surface area (Å²) >= 11 is 0. The first-order valence-electron chi connectivity index (χ1n) is 7.23. The van der Waals surface area contributed by atoms with Crippen LogP contribution in [-0.2, 0) is 0 Å². The van der Waals surface area contributed by atoms with Crippen LogP contribution in [-0.4, -0.2) is 14.1 Å². The molecule has 2 rings (SSSR count). The Morgan fingerprint density at radius 2 is 0.650 bits per heavy atom. The van der Waals surface area contributed by atoms with Gasteiger partial charge in [-0.05, 0) is 25.2 Å². The summed E-state index contributed by atoms with van der Waals surface area (Å²) in [5, 5.41) is 0. The van der Waals surface area contributed by atoms with Crippen LogP contribution < -0.4 is 11.5 Å². The number of benzene rings is 2.